The minimum Gasteiger partial charge on any atom is -0.435 e. The number of aryl methyl sites for hydroxylation is 3. The van der Waals surface area contributed by atoms with Gasteiger partial charge in [-0.3, -0.25) is 9.59 Å². The summed E-state index contributed by atoms with van der Waals surface area (Å²) in [6, 6.07) is 9.82. The van der Waals surface area contributed by atoms with Crippen molar-refractivity contribution in [3.8, 4) is 5.75 Å². The van der Waals surface area contributed by atoms with E-state index in [4.69, 9.17) is 0 Å². The van der Waals surface area contributed by atoms with Gasteiger partial charge in [-0.1, -0.05) is 29.8 Å². The lowest BCUT2D eigenvalue weighted by molar-refractivity contribution is -0.132. The van der Waals surface area contributed by atoms with E-state index in [1.54, 1.807) is 19.2 Å². The van der Waals surface area contributed by atoms with E-state index >= 15 is 0 Å². The van der Waals surface area contributed by atoms with Gasteiger partial charge in [-0.05, 0) is 49.6 Å². The topological polar surface area (TPSA) is 58.6 Å². The maximum Gasteiger partial charge on any atom is 0.387 e. The molecule has 0 atom stereocenters. The Morgan fingerprint density at radius 2 is 1.64 bits per heavy atom. The summed E-state index contributed by atoms with van der Waals surface area (Å²) in [4.78, 5) is 26.0. The third-order valence-electron chi connectivity index (χ3n) is 4.25. The van der Waals surface area contributed by atoms with Crippen LogP contribution in [-0.2, 0) is 16.0 Å². The predicted octanol–water partition coefficient (Wildman–Crippen LogP) is 3.85. The van der Waals surface area contributed by atoms with E-state index in [9.17, 15) is 18.4 Å². The predicted molar refractivity (Wildman–Crippen MR) is 104 cm³/mol. The van der Waals surface area contributed by atoms with Crippen molar-refractivity contribution in [3.63, 3.8) is 0 Å². The van der Waals surface area contributed by atoms with Crippen molar-refractivity contribution in [1.82, 2.24) is 4.90 Å². The summed E-state index contributed by atoms with van der Waals surface area (Å²) >= 11 is 0. The SMILES string of the molecule is Cc1cc(C)c(NC(=O)CN(C)C(=O)Cc2ccc(OC(F)F)cc2)c(C)c1. The van der Waals surface area contributed by atoms with Crippen LogP contribution in [0.3, 0.4) is 0 Å². The number of alkyl halides is 2. The van der Waals surface area contributed by atoms with Crippen LogP contribution in [0.5, 0.6) is 5.75 Å². The van der Waals surface area contributed by atoms with Gasteiger partial charge in [0.15, 0.2) is 0 Å². The number of amides is 2. The molecule has 0 aliphatic carbocycles. The van der Waals surface area contributed by atoms with Gasteiger partial charge in [-0.25, -0.2) is 0 Å². The van der Waals surface area contributed by atoms with Gasteiger partial charge in [0.1, 0.15) is 5.75 Å². The van der Waals surface area contributed by atoms with Crippen molar-refractivity contribution < 1.29 is 23.1 Å². The van der Waals surface area contributed by atoms with E-state index in [1.165, 1.54) is 17.0 Å². The highest BCUT2D eigenvalue weighted by atomic mass is 19.3. The quantitative estimate of drug-likeness (QED) is 0.781. The summed E-state index contributed by atoms with van der Waals surface area (Å²) in [5, 5.41) is 2.86. The molecule has 0 radical (unpaired) electrons. The molecule has 0 spiro atoms. The second-order valence-corrected chi connectivity index (χ2v) is 6.77. The van der Waals surface area contributed by atoms with Gasteiger partial charge in [0, 0.05) is 12.7 Å². The van der Waals surface area contributed by atoms with Crippen LogP contribution < -0.4 is 10.1 Å². The third-order valence-corrected chi connectivity index (χ3v) is 4.25. The number of anilines is 1. The van der Waals surface area contributed by atoms with Crippen molar-refractivity contribution in [2.24, 2.45) is 0 Å². The highest BCUT2D eigenvalue weighted by molar-refractivity contribution is 5.96. The fraction of sp³-hybridized carbons (Fsp3) is 0.333. The van der Waals surface area contributed by atoms with E-state index in [1.807, 2.05) is 32.9 Å². The van der Waals surface area contributed by atoms with Crippen LogP contribution in [0.1, 0.15) is 22.3 Å². The molecule has 0 heterocycles. The molecule has 150 valence electrons. The third kappa shape index (κ3) is 6.04. The Balaban J connectivity index is 1.92. The lowest BCUT2D eigenvalue weighted by atomic mass is 10.1. The lowest BCUT2D eigenvalue weighted by Crippen LogP contribution is -2.36. The summed E-state index contributed by atoms with van der Waals surface area (Å²) in [5.41, 5.74) is 4.44. The Bertz CT molecular complexity index is 828. The van der Waals surface area contributed by atoms with E-state index < -0.39 is 6.61 Å². The second kappa shape index (κ2) is 9.30. The monoisotopic (exact) mass is 390 g/mol. The van der Waals surface area contributed by atoms with Crippen LogP contribution in [0, 0.1) is 20.8 Å². The molecule has 0 saturated carbocycles. The van der Waals surface area contributed by atoms with Gasteiger partial charge < -0.3 is 15.0 Å². The number of benzene rings is 2. The average molecular weight is 390 g/mol. The number of hydrogen-bond acceptors (Lipinski definition) is 3. The van der Waals surface area contributed by atoms with Crippen LogP contribution >= 0.6 is 0 Å². The minimum absolute atomic E-state index is 0.0303. The normalized spacial score (nSPS) is 10.7. The molecule has 0 aliphatic rings. The Kier molecular flexibility index (Phi) is 7.09. The van der Waals surface area contributed by atoms with E-state index in [0.29, 0.717) is 5.56 Å². The molecule has 0 aromatic heterocycles. The van der Waals surface area contributed by atoms with Crippen LogP contribution in [0.4, 0.5) is 14.5 Å². The number of carbonyl (C=O) groups excluding carboxylic acids is 2. The van der Waals surface area contributed by atoms with Crippen molar-refractivity contribution >= 4 is 17.5 Å². The summed E-state index contributed by atoms with van der Waals surface area (Å²) < 4.78 is 28.6. The standard InChI is InChI=1S/C21H24F2N2O3/c1-13-9-14(2)20(15(3)10-13)24-18(26)12-25(4)19(27)11-16-5-7-17(8-6-16)28-21(22)23/h5-10,21H,11-12H2,1-4H3,(H,24,26). The molecule has 0 bridgehead atoms. The Morgan fingerprint density at radius 3 is 2.18 bits per heavy atom. The molecule has 0 fully saturated rings. The molecule has 2 amide bonds. The minimum atomic E-state index is -2.89. The number of nitrogens with one attached hydrogen (secondary N) is 1. The lowest BCUT2D eigenvalue weighted by Gasteiger charge is -2.18. The van der Waals surface area contributed by atoms with Gasteiger partial charge in [-0.15, -0.1) is 0 Å². The van der Waals surface area contributed by atoms with E-state index in [2.05, 4.69) is 10.1 Å². The zero-order chi connectivity index (χ0) is 20.8. The van der Waals surface area contributed by atoms with Gasteiger partial charge in [0.25, 0.3) is 0 Å². The van der Waals surface area contributed by atoms with Crippen LogP contribution in [0.2, 0.25) is 0 Å². The van der Waals surface area contributed by atoms with Crippen LogP contribution in [0.25, 0.3) is 0 Å². The van der Waals surface area contributed by atoms with Crippen molar-refractivity contribution in [2.75, 3.05) is 18.9 Å². The average Bonchev–Trinajstić information content (AvgIpc) is 2.59. The molecule has 28 heavy (non-hydrogen) atoms. The van der Waals surface area contributed by atoms with Gasteiger partial charge in [0.2, 0.25) is 11.8 Å². The van der Waals surface area contributed by atoms with Crippen molar-refractivity contribution in [2.45, 2.75) is 33.8 Å². The Morgan fingerprint density at radius 1 is 1.07 bits per heavy atom. The molecule has 2 aromatic rings. The van der Waals surface area contributed by atoms with Gasteiger partial charge in [-0.2, -0.15) is 8.78 Å². The Labute approximate surface area is 163 Å². The number of carbonyl (C=O) groups is 2. The van der Waals surface area contributed by atoms with Crippen LogP contribution in [-0.4, -0.2) is 36.9 Å². The molecule has 0 unspecified atom stereocenters. The number of hydrogen-bond donors (Lipinski definition) is 1. The number of ether oxygens (including phenoxy) is 1. The fourth-order valence-corrected chi connectivity index (χ4v) is 2.96. The van der Waals surface area contributed by atoms with Crippen LogP contribution in [0.15, 0.2) is 36.4 Å². The summed E-state index contributed by atoms with van der Waals surface area (Å²) in [7, 11) is 1.55. The summed E-state index contributed by atoms with van der Waals surface area (Å²) in [5.74, 6) is -0.510. The highest BCUT2D eigenvalue weighted by Crippen LogP contribution is 2.22. The first-order valence-corrected chi connectivity index (χ1v) is 8.81. The first-order valence-electron chi connectivity index (χ1n) is 8.81. The highest BCUT2D eigenvalue weighted by Gasteiger charge is 2.15. The van der Waals surface area contributed by atoms with Crippen molar-refractivity contribution in [1.29, 1.82) is 0 Å². The number of rotatable bonds is 7. The zero-order valence-corrected chi connectivity index (χ0v) is 16.4. The molecule has 5 nitrogen and oxygen atoms in total. The Hall–Kier alpha value is -2.96. The number of halogens is 2. The molecular weight excluding hydrogens is 366 g/mol. The number of likely N-dealkylation sites (N-methyl/N-ethyl adjacent to an activating group) is 1. The maximum absolute atomic E-state index is 12.3. The van der Waals surface area contributed by atoms with Gasteiger partial charge >= 0.3 is 6.61 Å². The molecule has 7 heteroatoms. The molecule has 0 saturated heterocycles. The molecule has 0 aliphatic heterocycles. The van der Waals surface area contributed by atoms with E-state index in [-0.39, 0.29) is 30.5 Å². The maximum atomic E-state index is 12.3. The molecule has 2 aromatic carbocycles. The molecule has 1 N–H and O–H groups in total. The van der Waals surface area contributed by atoms with E-state index in [0.717, 1.165) is 22.4 Å². The molecule has 2 rings (SSSR count). The second-order valence-electron chi connectivity index (χ2n) is 6.77. The largest absolute Gasteiger partial charge is 0.435 e. The first kappa shape index (κ1) is 21.3. The smallest absolute Gasteiger partial charge is 0.387 e. The summed E-state index contributed by atoms with van der Waals surface area (Å²) in [6.07, 6.45) is 0.0569. The van der Waals surface area contributed by atoms with Gasteiger partial charge in [0.05, 0.1) is 13.0 Å². The zero-order valence-electron chi connectivity index (χ0n) is 16.4. The summed E-state index contributed by atoms with van der Waals surface area (Å²) in [6.45, 7) is 2.86. The fourth-order valence-electron chi connectivity index (χ4n) is 2.96. The number of nitrogens with zero attached hydrogens (tertiary/aromatic N) is 1. The first-order chi connectivity index (χ1) is 13.2. The van der Waals surface area contributed by atoms with Crippen molar-refractivity contribution in [3.05, 3.63) is 58.7 Å². The molecular formula is C21H24F2N2O3.